The molecule has 0 amide bonds. The SMILES string of the molecule is Oc1ccc([C@@H](c2cccs2)N2CCNCC2)c(O)c1. The smallest absolute Gasteiger partial charge is 0.124 e. The number of nitrogens with zero attached hydrogens (tertiary/aromatic N) is 1. The second-order valence-electron chi connectivity index (χ2n) is 4.95. The summed E-state index contributed by atoms with van der Waals surface area (Å²) in [6.07, 6.45) is 0. The quantitative estimate of drug-likeness (QED) is 0.811. The predicted molar refractivity (Wildman–Crippen MR) is 80.4 cm³/mol. The van der Waals surface area contributed by atoms with Crippen molar-refractivity contribution in [3.63, 3.8) is 0 Å². The first-order valence-corrected chi connectivity index (χ1v) is 7.64. The zero-order valence-electron chi connectivity index (χ0n) is 11.1. The van der Waals surface area contributed by atoms with Gasteiger partial charge in [-0.05, 0) is 23.6 Å². The van der Waals surface area contributed by atoms with Gasteiger partial charge in [-0.2, -0.15) is 0 Å². The highest BCUT2D eigenvalue weighted by atomic mass is 32.1. The van der Waals surface area contributed by atoms with Gasteiger partial charge in [0.05, 0.1) is 6.04 Å². The fraction of sp³-hybridized carbons (Fsp3) is 0.333. The van der Waals surface area contributed by atoms with E-state index in [0.717, 1.165) is 31.7 Å². The minimum absolute atomic E-state index is 0.0534. The van der Waals surface area contributed by atoms with Crippen molar-refractivity contribution in [3.05, 3.63) is 46.2 Å². The molecule has 2 aromatic rings. The lowest BCUT2D eigenvalue weighted by Gasteiger charge is -2.35. The lowest BCUT2D eigenvalue weighted by Crippen LogP contribution is -2.45. The standard InChI is InChI=1S/C15H18N2O2S/c18-11-3-4-12(13(19)10-11)15(14-2-1-9-20-14)17-7-5-16-6-8-17/h1-4,9-10,15-16,18-19H,5-8H2/t15-/m0/s1. The molecule has 20 heavy (non-hydrogen) atoms. The third-order valence-corrected chi connectivity index (χ3v) is 4.56. The molecule has 1 aliphatic rings. The van der Waals surface area contributed by atoms with E-state index < -0.39 is 0 Å². The molecule has 3 rings (SSSR count). The van der Waals surface area contributed by atoms with Crippen LogP contribution in [-0.4, -0.2) is 41.3 Å². The Morgan fingerprint density at radius 2 is 1.95 bits per heavy atom. The number of benzene rings is 1. The van der Waals surface area contributed by atoms with Crippen LogP contribution in [0.2, 0.25) is 0 Å². The summed E-state index contributed by atoms with van der Waals surface area (Å²) < 4.78 is 0. The average Bonchev–Trinajstić information content (AvgIpc) is 2.97. The molecule has 2 heterocycles. The van der Waals surface area contributed by atoms with Crippen LogP contribution in [-0.2, 0) is 0 Å². The third-order valence-electron chi connectivity index (χ3n) is 3.64. The molecule has 0 radical (unpaired) electrons. The van der Waals surface area contributed by atoms with Crippen LogP contribution in [0.25, 0.3) is 0 Å². The van der Waals surface area contributed by atoms with Crippen molar-refractivity contribution in [2.24, 2.45) is 0 Å². The van der Waals surface area contributed by atoms with Crippen molar-refractivity contribution >= 4 is 11.3 Å². The van der Waals surface area contributed by atoms with E-state index in [1.54, 1.807) is 17.4 Å². The monoisotopic (exact) mass is 290 g/mol. The van der Waals surface area contributed by atoms with Crippen molar-refractivity contribution in [1.82, 2.24) is 10.2 Å². The van der Waals surface area contributed by atoms with E-state index >= 15 is 0 Å². The first kappa shape index (κ1) is 13.4. The van der Waals surface area contributed by atoms with Gasteiger partial charge in [0.25, 0.3) is 0 Å². The second kappa shape index (κ2) is 5.83. The topological polar surface area (TPSA) is 55.7 Å². The maximum absolute atomic E-state index is 10.2. The summed E-state index contributed by atoms with van der Waals surface area (Å²) in [5.74, 6) is 0.249. The van der Waals surface area contributed by atoms with Gasteiger partial charge in [0.15, 0.2) is 0 Å². The molecule has 1 aromatic heterocycles. The molecule has 3 N–H and O–H groups in total. The molecular weight excluding hydrogens is 272 g/mol. The van der Waals surface area contributed by atoms with E-state index in [2.05, 4.69) is 21.7 Å². The van der Waals surface area contributed by atoms with Crippen LogP contribution < -0.4 is 5.32 Å². The van der Waals surface area contributed by atoms with Crippen molar-refractivity contribution in [1.29, 1.82) is 0 Å². The Morgan fingerprint density at radius 1 is 1.15 bits per heavy atom. The number of phenols is 2. The van der Waals surface area contributed by atoms with Gasteiger partial charge in [0.1, 0.15) is 11.5 Å². The van der Waals surface area contributed by atoms with Crippen molar-refractivity contribution < 1.29 is 10.2 Å². The lowest BCUT2D eigenvalue weighted by atomic mass is 10.0. The van der Waals surface area contributed by atoms with Gasteiger partial charge in [0.2, 0.25) is 0 Å². The van der Waals surface area contributed by atoms with E-state index in [4.69, 9.17) is 0 Å². The molecule has 1 aliphatic heterocycles. The first-order chi connectivity index (χ1) is 9.75. The molecule has 0 unspecified atom stereocenters. The van der Waals surface area contributed by atoms with Crippen LogP contribution in [0, 0.1) is 0 Å². The molecule has 0 bridgehead atoms. The highest BCUT2D eigenvalue weighted by Gasteiger charge is 2.26. The van der Waals surface area contributed by atoms with E-state index in [-0.39, 0.29) is 17.5 Å². The van der Waals surface area contributed by atoms with Gasteiger partial charge in [-0.25, -0.2) is 0 Å². The van der Waals surface area contributed by atoms with Gasteiger partial charge in [-0.15, -0.1) is 11.3 Å². The Hall–Kier alpha value is -1.56. The number of nitrogens with one attached hydrogen (secondary N) is 1. The van der Waals surface area contributed by atoms with Gasteiger partial charge in [-0.1, -0.05) is 6.07 Å². The molecule has 106 valence electrons. The lowest BCUT2D eigenvalue weighted by molar-refractivity contribution is 0.198. The summed E-state index contributed by atoms with van der Waals surface area (Å²) in [4.78, 5) is 3.59. The number of aromatic hydroxyl groups is 2. The Bertz CT molecular complexity index is 565. The Morgan fingerprint density at radius 3 is 2.60 bits per heavy atom. The number of piperazine rings is 1. The van der Waals surface area contributed by atoms with Crippen LogP contribution in [0.4, 0.5) is 0 Å². The average molecular weight is 290 g/mol. The maximum atomic E-state index is 10.2. The van der Waals surface area contributed by atoms with Gasteiger partial charge >= 0.3 is 0 Å². The molecule has 0 spiro atoms. The number of hydrogen-bond donors (Lipinski definition) is 3. The molecule has 1 fully saturated rings. The summed E-state index contributed by atoms with van der Waals surface area (Å²) in [6, 6.07) is 9.06. The van der Waals surface area contributed by atoms with Crippen molar-refractivity contribution in [2.75, 3.05) is 26.2 Å². The normalized spacial score (nSPS) is 18.0. The molecule has 1 aromatic carbocycles. The highest BCUT2D eigenvalue weighted by Crippen LogP contribution is 2.37. The summed E-state index contributed by atoms with van der Waals surface area (Å²) in [5.41, 5.74) is 0.854. The number of rotatable bonds is 3. The summed E-state index contributed by atoms with van der Waals surface area (Å²) in [7, 11) is 0. The number of phenolic OH excluding ortho intramolecular Hbond substituents is 2. The fourth-order valence-electron chi connectivity index (χ4n) is 2.68. The van der Waals surface area contributed by atoms with E-state index in [0.29, 0.717) is 0 Å². The number of thiophene rings is 1. The summed E-state index contributed by atoms with van der Waals surface area (Å²) >= 11 is 1.70. The van der Waals surface area contributed by atoms with Gasteiger partial charge in [0, 0.05) is 42.7 Å². The minimum Gasteiger partial charge on any atom is -0.508 e. The molecular formula is C15H18N2O2S. The second-order valence-corrected chi connectivity index (χ2v) is 5.93. The van der Waals surface area contributed by atoms with Crippen LogP contribution in [0.5, 0.6) is 11.5 Å². The Labute approximate surface area is 122 Å². The summed E-state index contributed by atoms with van der Waals surface area (Å²) in [6.45, 7) is 3.81. The predicted octanol–water partition coefficient (Wildman–Crippen LogP) is 2.15. The minimum atomic E-state index is 0.0534. The molecule has 0 aliphatic carbocycles. The highest BCUT2D eigenvalue weighted by molar-refractivity contribution is 7.10. The van der Waals surface area contributed by atoms with Crippen LogP contribution in [0.3, 0.4) is 0 Å². The maximum Gasteiger partial charge on any atom is 0.124 e. The largest absolute Gasteiger partial charge is 0.508 e. The fourth-order valence-corrected chi connectivity index (χ4v) is 3.56. The zero-order valence-corrected chi connectivity index (χ0v) is 11.9. The molecule has 1 saturated heterocycles. The Balaban J connectivity index is 2.00. The first-order valence-electron chi connectivity index (χ1n) is 6.76. The molecule has 4 nitrogen and oxygen atoms in total. The molecule has 0 saturated carbocycles. The summed E-state index contributed by atoms with van der Waals surface area (Å²) in [5, 5.41) is 25.1. The van der Waals surface area contributed by atoms with Gasteiger partial charge < -0.3 is 15.5 Å². The third kappa shape index (κ3) is 2.65. The van der Waals surface area contributed by atoms with Crippen molar-refractivity contribution in [3.8, 4) is 11.5 Å². The number of hydrogen-bond acceptors (Lipinski definition) is 5. The van der Waals surface area contributed by atoms with Crippen LogP contribution >= 0.6 is 11.3 Å². The Kier molecular flexibility index (Phi) is 3.91. The van der Waals surface area contributed by atoms with Crippen LogP contribution in [0.15, 0.2) is 35.7 Å². The van der Waals surface area contributed by atoms with E-state index in [1.165, 1.54) is 10.9 Å². The molecule has 5 heteroatoms. The van der Waals surface area contributed by atoms with Crippen LogP contribution in [0.1, 0.15) is 16.5 Å². The van der Waals surface area contributed by atoms with E-state index in [9.17, 15) is 10.2 Å². The van der Waals surface area contributed by atoms with Gasteiger partial charge in [-0.3, -0.25) is 4.90 Å². The zero-order chi connectivity index (χ0) is 13.9. The van der Waals surface area contributed by atoms with E-state index in [1.807, 2.05) is 12.1 Å². The van der Waals surface area contributed by atoms with Crippen molar-refractivity contribution in [2.45, 2.75) is 6.04 Å². The molecule has 1 atom stereocenters.